The first-order valence-electron chi connectivity index (χ1n) is 7.08. The summed E-state index contributed by atoms with van der Waals surface area (Å²) in [5, 5.41) is 39.2. The number of carboxylic acids is 2. The maximum Gasteiger partial charge on any atom is 0.341 e. The molecule has 3 aromatic rings. The Morgan fingerprint density at radius 3 is 2.04 bits per heavy atom. The Morgan fingerprint density at radius 1 is 0.846 bits per heavy atom. The second-order valence-corrected chi connectivity index (χ2v) is 5.15. The van der Waals surface area contributed by atoms with Crippen molar-refractivity contribution in [2.75, 3.05) is 14.2 Å². The zero-order chi connectivity index (χ0) is 19.2. The number of fused-ring (bicyclic) bond motifs is 2. The van der Waals surface area contributed by atoms with Crippen molar-refractivity contribution < 1.29 is 39.5 Å². The minimum absolute atomic E-state index is 0.00233. The predicted octanol–water partition coefficient (Wildman–Crippen LogP) is 1.61. The van der Waals surface area contributed by atoms with Gasteiger partial charge in [0, 0.05) is 0 Å². The summed E-state index contributed by atoms with van der Waals surface area (Å²) in [6.07, 6.45) is 0. The second kappa shape index (κ2) is 5.92. The number of carboxylic acid groups (broad SMARTS) is 2. The number of aromatic carboxylic acids is 2. The van der Waals surface area contributed by atoms with Gasteiger partial charge >= 0.3 is 11.9 Å². The average Bonchev–Trinajstić information content (AvgIpc) is 2.59. The molecule has 4 N–H and O–H groups in total. The standard InChI is InChI=1S/C16H12N2O8/c1-25-6-4-3-5-9(7(6)15(21)22)18-10-8(16(23)24)12(19)14(26-2)13(20)11(10)17-5/h3-4,19-20H,1-2H3,(H,21,22)(H,23,24). The van der Waals surface area contributed by atoms with E-state index in [1.165, 1.54) is 19.2 Å². The summed E-state index contributed by atoms with van der Waals surface area (Å²) in [4.78, 5) is 31.3. The molecule has 0 amide bonds. The van der Waals surface area contributed by atoms with Crippen LogP contribution < -0.4 is 9.47 Å². The Balaban J connectivity index is 2.60. The summed E-state index contributed by atoms with van der Waals surface area (Å²) in [5.41, 5.74) is -1.73. The lowest BCUT2D eigenvalue weighted by molar-refractivity contribution is 0.0684. The van der Waals surface area contributed by atoms with E-state index in [9.17, 15) is 30.0 Å². The molecule has 10 nitrogen and oxygen atoms in total. The molecule has 0 radical (unpaired) electrons. The topological polar surface area (TPSA) is 159 Å². The lowest BCUT2D eigenvalue weighted by atomic mass is 10.1. The van der Waals surface area contributed by atoms with E-state index < -0.39 is 40.3 Å². The molecule has 1 heterocycles. The van der Waals surface area contributed by atoms with Gasteiger partial charge in [-0.3, -0.25) is 0 Å². The van der Waals surface area contributed by atoms with Gasteiger partial charge in [-0.1, -0.05) is 0 Å². The van der Waals surface area contributed by atoms with E-state index in [1.54, 1.807) is 0 Å². The highest BCUT2D eigenvalue weighted by Gasteiger charge is 2.28. The highest BCUT2D eigenvalue weighted by molar-refractivity contribution is 6.11. The van der Waals surface area contributed by atoms with Gasteiger partial charge in [0.25, 0.3) is 0 Å². The van der Waals surface area contributed by atoms with Crippen LogP contribution in [0.3, 0.4) is 0 Å². The maximum atomic E-state index is 11.6. The molecule has 2 aromatic carbocycles. The Labute approximate surface area is 144 Å². The minimum atomic E-state index is -1.56. The molecule has 0 saturated heterocycles. The molecule has 0 aliphatic rings. The fourth-order valence-electron chi connectivity index (χ4n) is 2.66. The summed E-state index contributed by atoms with van der Waals surface area (Å²) >= 11 is 0. The zero-order valence-electron chi connectivity index (χ0n) is 13.5. The van der Waals surface area contributed by atoms with E-state index >= 15 is 0 Å². The number of rotatable bonds is 4. The van der Waals surface area contributed by atoms with Gasteiger partial charge in [-0.25, -0.2) is 19.6 Å². The van der Waals surface area contributed by atoms with Gasteiger partial charge < -0.3 is 29.9 Å². The fourth-order valence-corrected chi connectivity index (χ4v) is 2.66. The third kappa shape index (κ3) is 2.27. The Kier molecular flexibility index (Phi) is 3.87. The number of hydrogen-bond donors (Lipinski definition) is 4. The third-order valence-electron chi connectivity index (χ3n) is 3.78. The van der Waals surface area contributed by atoms with Crippen molar-refractivity contribution in [3.63, 3.8) is 0 Å². The van der Waals surface area contributed by atoms with Crippen LogP contribution in [0, 0.1) is 0 Å². The summed E-state index contributed by atoms with van der Waals surface area (Å²) in [6.45, 7) is 0. The first-order chi connectivity index (χ1) is 12.3. The molecule has 3 rings (SSSR count). The normalized spacial score (nSPS) is 10.8. The van der Waals surface area contributed by atoms with Crippen molar-refractivity contribution in [1.82, 2.24) is 9.97 Å². The summed E-state index contributed by atoms with van der Waals surface area (Å²) < 4.78 is 9.84. The van der Waals surface area contributed by atoms with Crippen LogP contribution in [-0.4, -0.2) is 56.6 Å². The number of phenols is 2. The molecule has 26 heavy (non-hydrogen) atoms. The van der Waals surface area contributed by atoms with Crippen molar-refractivity contribution in [3.05, 3.63) is 23.3 Å². The van der Waals surface area contributed by atoms with Crippen molar-refractivity contribution in [2.24, 2.45) is 0 Å². The van der Waals surface area contributed by atoms with E-state index in [4.69, 9.17) is 9.47 Å². The number of nitrogens with zero attached hydrogens (tertiary/aromatic N) is 2. The first-order valence-corrected chi connectivity index (χ1v) is 7.08. The molecule has 0 fully saturated rings. The highest BCUT2D eigenvalue weighted by Crippen LogP contribution is 2.44. The van der Waals surface area contributed by atoms with Gasteiger partial charge in [0.1, 0.15) is 33.4 Å². The van der Waals surface area contributed by atoms with E-state index in [1.807, 2.05) is 0 Å². The number of methoxy groups -OCH3 is 2. The Bertz CT molecular complexity index is 1090. The third-order valence-corrected chi connectivity index (χ3v) is 3.78. The maximum absolute atomic E-state index is 11.6. The lowest BCUT2D eigenvalue weighted by Crippen LogP contribution is -2.07. The average molecular weight is 360 g/mol. The van der Waals surface area contributed by atoms with Gasteiger partial charge in [0.2, 0.25) is 5.75 Å². The molecule has 134 valence electrons. The van der Waals surface area contributed by atoms with E-state index in [2.05, 4.69) is 9.97 Å². The molecule has 0 unspecified atom stereocenters. The largest absolute Gasteiger partial charge is 0.504 e. The quantitative estimate of drug-likeness (QED) is 0.503. The van der Waals surface area contributed by atoms with Gasteiger partial charge in [0.15, 0.2) is 11.5 Å². The molecule has 0 aliphatic heterocycles. The van der Waals surface area contributed by atoms with E-state index in [-0.39, 0.29) is 27.9 Å². The van der Waals surface area contributed by atoms with Gasteiger partial charge in [-0.2, -0.15) is 0 Å². The van der Waals surface area contributed by atoms with Crippen LogP contribution in [0.1, 0.15) is 20.7 Å². The lowest BCUT2D eigenvalue weighted by Gasteiger charge is -2.13. The molecule has 0 aliphatic carbocycles. The van der Waals surface area contributed by atoms with Crippen LogP contribution in [0.25, 0.3) is 22.1 Å². The Hall–Kier alpha value is -3.82. The second-order valence-electron chi connectivity index (χ2n) is 5.15. The first kappa shape index (κ1) is 17.0. The molecule has 0 spiro atoms. The zero-order valence-corrected chi connectivity index (χ0v) is 13.5. The Morgan fingerprint density at radius 2 is 1.50 bits per heavy atom. The number of hydrogen-bond acceptors (Lipinski definition) is 8. The van der Waals surface area contributed by atoms with Crippen molar-refractivity contribution in [1.29, 1.82) is 0 Å². The summed E-state index contributed by atoms with van der Waals surface area (Å²) in [7, 11) is 2.40. The van der Waals surface area contributed by atoms with Gasteiger partial charge in [-0.05, 0) is 12.1 Å². The van der Waals surface area contributed by atoms with Gasteiger partial charge in [-0.15, -0.1) is 0 Å². The van der Waals surface area contributed by atoms with Crippen LogP contribution in [0.5, 0.6) is 23.0 Å². The van der Waals surface area contributed by atoms with Crippen LogP contribution in [0.2, 0.25) is 0 Å². The number of benzene rings is 2. The van der Waals surface area contributed by atoms with Gasteiger partial charge in [0.05, 0.1) is 19.7 Å². The molecular weight excluding hydrogens is 348 g/mol. The van der Waals surface area contributed by atoms with Crippen LogP contribution in [0.4, 0.5) is 0 Å². The number of phenolic OH excluding ortho intramolecular Hbond substituents is 1. The molecule has 1 aromatic heterocycles. The molecular formula is C16H12N2O8. The molecule has 0 bridgehead atoms. The number of aromatic nitrogens is 2. The molecule has 10 heteroatoms. The summed E-state index contributed by atoms with van der Waals surface area (Å²) in [5.74, 6) is -4.86. The highest BCUT2D eigenvalue weighted by atomic mass is 16.5. The number of ether oxygens (including phenoxy) is 2. The predicted molar refractivity (Wildman–Crippen MR) is 87.4 cm³/mol. The van der Waals surface area contributed by atoms with Crippen LogP contribution in [0.15, 0.2) is 12.1 Å². The number of carbonyl (C=O) groups is 2. The minimum Gasteiger partial charge on any atom is -0.504 e. The fraction of sp³-hybridized carbons (Fsp3) is 0.125. The number of aromatic hydroxyl groups is 2. The SMILES string of the molecule is COc1ccc2nc3c(O)c(OC)c(O)c(C(=O)O)c3nc2c1C(=O)O. The summed E-state index contributed by atoms with van der Waals surface area (Å²) in [6, 6.07) is 2.77. The van der Waals surface area contributed by atoms with Crippen LogP contribution >= 0.6 is 0 Å². The van der Waals surface area contributed by atoms with E-state index in [0.29, 0.717) is 0 Å². The van der Waals surface area contributed by atoms with Crippen molar-refractivity contribution in [2.45, 2.75) is 0 Å². The monoisotopic (exact) mass is 360 g/mol. The molecule has 0 atom stereocenters. The van der Waals surface area contributed by atoms with Crippen molar-refractivity contribution >= 4 is 34.0 Å². The smallest absolute Gasteiger partial charge is 0.341 e. The van der Waals surface area contributed by atoms with E-state index in [0.717, 1.165) is 7.11 Å². The van der Waals surface area contributed by atoms with Crippen LogP contribution in [-0.2, 0) is 0 Å². The van der Waals surface area contributed by atoms with Crippen molar-refractivity contribution in [3.8, 4) is 23.0 Å². The molecule has 0 saturated carbocycles.